The van der Waals surface area contributed by atoms with Crippen LogP contribution in [0.2, 0.25) is 0 Å². The molecule has 0 fully saturated rings. The van der Waals surface area contributed by atoms with Crippen molar-refractivity contribution < 1.29 is 0 Å². The molecule has 1 aliphatic rings. The second-order valence-corrected chi connectivity index (χ2v) is 5.93. The summed E-state index contributed by atoms with van der Waals surface area (Å²) in [5, 5.41) is 9.24. The molecule has 0 saturated heterocycles. The molecule has 5 heteroatoms. The van der Waals surface area contributed by atoms with Crippen LogP contribution < -0.4 is 5.73 Å². The Hall–Kier alpha value is -1.36. The van der Waals surface area contributed by atoms with Crippen molar-refractivity contribution >= 4 is 16.3 Å². The smallest absolute Gasteiger partial charge is 0.167 e. The SMILES string of the molecule is CCCn1cnnc1-c1c(N)sc2c1CCCC2. The van der Waals surface area contributed by atoms with Crippen molar-refractivity contribution in [2.75, 3.05) is 5.73 Å². The number of nitrogens with two attached hydrogens (primary N) is 1. The zero-order valence-electron chi connectivity index (χ0n) is 10.6. The Morgan fingerprint density at radius 3 is 3.06 bits per heavy atom. The lowest BCUT2D eigenvalue weighted by atomic mass is 9.95. The highest BCUT2D eigenvalue weighted by Gasteiger charge is 2.23. The van der Waals surface area contributed by atoms with Gasteiger partial charge in [-0.2, -0.15) is 0 Å². The fourth-order valence-electron chi connectivity index (χ4n) is 2.69. The van der Waals surface area contributed by atoms with Gasteiger partial charge in [-0.3, -0.25) is 0 Å². The lowest BCUT2D eigenvalue weighted by Gasteiger charge is -2.12. The fourth-order valence-corrected chi connectivity index (χ4v) is 3.84. The molecule has 0 spiro atoms. The summed E-state index contributed by atoms with van der Waals surface area (Å²) in [6.07, 6.45) is 7.75. The fraction of sp³-hybridized carbons (Fsp3) is 0.538. The molecule has 1 aliphatic carbocycles. The zero-order chi connectivity index (χ0) is 12.5. The van der Waals surface area contributed by atoms with Gasteiger partial charge in [-0.15, -0.1) is 21.5 Å². The van der Waals surface area contributed by atoms with Crippen LogP contribution in [0.15, 0.2) is 6.33 Å². The number of fused-ring (bicyclic) bond motifs is 1. The largest absolute Gasteiger partial charge is 0.390 e. The Morgan fingerprint density at radius 1 is 1.39 bits per heavy atom. The second kappa shape index (κ2) is 4.72. The summed E-state index contributed by atoms with van der Waals surface area (Å²) >= 11 is 1.74. The molecule has 0 atom stereocenters. The molecule has 0 saturated carbocycles. The first-order valence-electron chi connectivity index (χ1n) is 6.59. The third-order valence-electron chi connectivity index (χ3n) is 3.50. The average molecular weight is 262 g/mol. The van der Waals surface area contributed by atoms with E-state index >= 15 is 0 Å². The Labute approximate surface area is 111 Å². The van der Waals surface area contributed by atoms with Gasteiger partial charge >= 0.3 is 0 Å². The first-order valence-corrected chi connectivity index (χ1v) is 7.41. The van der Waals surface area contributed by atoms with Crippen LogP contribution in [0.25, 0.3) is 11.4 Å². The normalized spacial score (nSPS) is 14.7. The highest BCUT2D eigenvalue weighted by Crippen LogP contribution is 2.41. The molecule has 0 aliphatic heterocycles. The molecule has 2 heterocycles. The topological polar surface area (TPSA) is 56.7 Å². The molecule has 0 unspecified atom stereocenters. The van der Waals surface area contributed by atoms with Crippen molar-refractivity contribution in [2.24, 2.45) is 0 Å². The van der Waals surface area contributed by atoms with Gasteiger partial charge in [0.2, 0.25) is 0 Å². The number of thiophene rings is 1. The Kier molecular flexibility index (Phi) is 3.07. The van der Waals surface area contributed by atoms with E-state index in [0.29, 0.717) is 0 Å². The third kappa shape index (κ3) is 1.82. The first kappa shape index (κ1) is 11.7. The van der Waals surface area contributed by atoms with Crippen molar-refractivity contribution in [2.45, 2.75) is 45.6 Å². The Bertz CT molecular complexity index is 555. The van der Waals surface area contributed by atoms with E-state index in [1.54, 1.807) is 11.3 Å². The summed E-state index contributed by atoms with van der Waals surface area (Å²) in [6, 6.07) is 0. The summed E-state index contributed by atoms with van der Waals surface area (Å²) in [6.45, 7) is 3.11. The number of rotatable bonds is 3. The van der Waals surface area contributed by atoms with E-state index < -0.39 is 0 Å². The highest BCUT2D eigenvalue weighted by atomic mass is 32.1. The number of anilines is 1. The van der Waals surface area contributed by atoms with E-state index in [-0.39, 0.29) is 0 Å². The van der Waals surface area contributed by atoms with Gasteiger partial charge in [0, 0.05) is 11.4 Å². The number of aromatic nitrogens is 3. The zero-order valence-corrected chi connectivity index (χ0v) is 11.5. The molecule has 18 heavy (non-hydrogen) atoms. The molecule has 0 radical (unpaired) electrons. The lowest BCUT2D eigenvalue weighted by molar-refractivity contribution is 0.677. The summed E-state index contributed by atoms with van der Waals surface area (Å²) in [5.41, 5.74) is 8.79. The van der Waals surface area contributed by atoms with Crippen molar-refractivity contribution in [3.8, 4) is 11.4 Å². The van der Waals surface area contributed by atoms with Crippen molar-refractivity contribution in [1.82, 2.24) is 14.8 Å². The van der Waals surface area contributed by atoms with Crippen LogP contribution in [0.4, 0.5) is 5.00 Å². The van der Waals surface area contributed by atoms with Gasteiger partial charge in [-0.05, 0) is 37.7 Å². The summed E-state index contributed by atoms with van der Waals surface area (Å²) in [4.78, 5) is 1.46. The number of nitrogen functional groups attached to an aromatic ring is 1. The van der Waals surface area contributed by atoms with Crippen LogP contribution in [-0.4, -0.2) is 14.8 Å². The third-order valence-corrected chi connectivity index (χ3v) is 4.62. The minimum absolute atomic E-state index is 0.909. The predicted octanol–water partition coefficient (Wildman–Crippen LogP) is 2.88. The van der Waals surface area contributed by atoms with E-state index in [1.807, 2.05) is 6.33 Å². The molecule has 4 nitrogen and oxygen atoms in total. The molecule has 0 bridgehead atoms. The van der Waals surface area contributed by atoms with E-state index in [1.165, 1.54) is 29.7 Å². The standard InChI is InChI=1S/C13H18N4S/c1-2-7-17-8-15-16-13(17)11-9-5-3-4-6-10(9)18-12(11)14/h8H,2-7,14H2,1H3. The summed E-state index contributed by atoms with van der Waals surface area (Å²) in [5.74, 6) is 0.953. The van der Waals surface area contributed by atoms with Crippen LogP contribution in [-0.2, 0) is 19.4 Å². The maximum absolute atomic E-state index is 6.21. The van der Waals surface area contributed by atoms with Gasteiger partial charge < -0.3 is 10.3 Å². The van der Waals surface area contributed by atoms with Crippen LogP contribution in [0.3, 0.4) is 0 Å². The average Bonchev–Trinajstić information content (AvgIpc) is 2.92. The van der Waals surface area contributed by atoms with Gasteiger partial charge in [0.05, 0.1) is 10.6 Å². The highest BCUT2D eigenvalue weighted by molar-refractivity contribution is 7.16. The van der Waals surface area contributed by atoms with Gasteiger partial charge in [-0.25, -0.2) is 0 Å². The number of hydrogen-bond acceptors (Lipinski definition) is 4. The first-order chi connectivity index (χ1) is 8.81. The lowest BCUT2D eigenvalue weighted by Crippen LogP contribution is -2.04. The van der Waals surface area contributed by atoms with Crippen LogP contribution in [0.1, 0.15) is 36.6 Å². The van der Waals surface area contributed by atoms with Crippen LogP contribution >= 0.6 is 11.3 Å². The molecular formula is C13H18N4S. The molecular weight excluding hydrogens is 244 g/mol. The maximum Gasteiger partial charge on any atom is 0.167 e. The second-order valence-electron chi connectivity index (χ2n) is 4.80. The van der Waals surface area contributed by atoms with Crippen LogP contribution in [0.5, 0.6) is 0 Å². The summed E-state index contributed by atoms with van der Waals surface area (Å²) in [7, 11) is 0. The molecule has 0 aromatic carbocycles. The minimum Gasteiger partial charge on any atom is -0.390 e. The molecule has 2 aromatic rings. The molecule has 2 aromatic heterocycles. The number of aryl methyl sites for hydroxylation is 2. The summed E-state index contributed by atoms with van der Waals surface area (Å²) < 4.78 is 2.12. The van der Waals surface area contributed by atoms with Gasteiger partial charge in [-0.1, -0.05) is 6.92 Å². The molecule has 3 rings (SSSR count). The van der Waals surface area contributed by atoms with E-state index in [2.05, 4.69) is 21.7 Å². The predicted molar refractivity (Wildman–Crippen MR) is 74.7 cm³/mol. The monoisotopic (exact) mass is 262 g/mol. The number of hydrogen-bond donors (Lipinski definition) is 1. The maximum atomic E-state index is 6.21. The molecule has 96 valence electrons. The molecule has 2 N–H and O–H groups in total. The van der Waals surface area contributed by atoms with Crippen molar-refractivity contribution in [3.63, 3.8) is 0 Å². The van der Waals surface area contributed by atoms with Gasteiger partial charge in [0.1, 0.15) is 6.33 Å². The Morgan fingerprint density at radius 2 is 2.22 bits per heavy atom. The van der Waals surface area contributed by atoms with E-state index in [9.17, 15) is 0 Å². The number of nitrogens with zero attached hydrogens (tertiary/aromatic N) is 3. The van der Waals surface area contributed by atoms with Crippen molar-refractivity contribution in [1.29, 1.82) is 0 Å². The quantitative estimate of drug-likeness (QED) is 0.925. The van der Waals surface area contributed by atoms with E-state index in [0.717, 1.165) is 35.8 Å². The minimum atomic E-state index is 0.909. The molecule has 0 amide bonds. The van der Waals surface area contributed by atoms with Crippen molar-refractivity contribution in [3.05, 3.63) is 16.8 Å². The Balaban J connectivity index is 2.10. The van der Waals surface area contributed by atoms with Gasteiger partial charge in [0.15, 0.2) is 5.82 Å². The van der Waals surface area contributed by atoms with Crippen LogP contribution in [0, 0.1) is 0 Å². The van der Waals surface area contributed by atoms with E-state index in [4.69, 9.17) is 5.73 Å². The van der Waals surface area contributed by atoms with Gasteiger partial charge in [0.25, 0.3) is 0 Å².